The fourth-order valence-corrected chi connectivity index (χ4v) is 3.44. The third-order valence-corrected chi connectivity index (χ3v) is 5.23. The predicted octanol–water partition coefficient (Wildman–Crippen LogP) is 3.12. The first kappa shape index (κ1) is 25.6. The van der Waals surface area contributed by atoms with E-state index in [0.717, 1.165) is 37.0 Å². The molecule has 1 aromatic rings. The minimum atomic E-state index is 0. The summed E-state index contributed by atoms with van der Waals surface area (Å²) in [6, 6.07) is 3.89. The van der Waals surface area contributed by atoms with Gasteiger partial charge < -0.3 is 29.7 Å². The molecule has 166 valence electrons. The highest BCUT2D eigenvalue weighted by molar-refractivity contribution is 14.0. The normalized spacial score (nSPS) is 15.4. The maximum absolute atomic E-state index is 5.41. The van der Waals surface area contributed by atoms with Crippen LogP contribution in [0.5, 0.6) is 17.2 Å². The average Bonchev–Trinajstić information content (AvgIpc) is 2.73. The Balaban J connectivity index is 0.00000420. The lowest BCUT2D eigenvalue weighted by Gasteiger charge is -2.30. The lowest BCUT2D eigenvalue weighted by molar-refractivity contribution is 0.191. The maximum atomic E-state index is 5.41. The molecule has 1 aliphatic rings. The van der Waals surface area contributed by atoms with Crippen molar-refractivity contribution in [2.45, 2.75) is 32.7 Å². The van der Waals surface area contributed by atoms with E-state index in [1.807, 2.05) is 12.1 Å². The Hall–Kier alpha value is -1.42. The van der Waals surface area contributed by atoms with Crippen LogP contribution in [-0.4, -0.2) is 65.4 Å². The molecule has 0 atom stereocenters. The number of guanidine groups is 1. The SMILES string of the molecule is CN=C(NCCCN1CCC(C)CC1)NCc1cc(OC)c(OC)c(OC)c1.I. The number of rotatable bonds is 9. The lowest BCUT2D eigenvalue weighted by Crippen LogP contribution is -2.39. The van der Waals surface area contributed by atoms with Gasteiger partial charge in [-0.3, -0.25) is 4.99 Å². The number of hydrogen-bond acceptors (Lipinski definition) is 5. The highest BCUT2D eigenvalue weighted by atomic mass is 127. The van der Waals surface area contributed by atoms with Gasteiger partial charge >= 0.3 is 0 Å². The molecular formula is C21H37IN4O3. The van der Waals surface area contributed by atoms with Gasteiger partial charge in [-0.25, -0.2) is 0 Å². The molecule has 1 aliphatic heterocycles. The van der Waals surface area contributed by atoms with Gasteiger partial charge in [-0.1, -0.05) is 6.92 Å². The first-order valence-corrected chi connectivity index (χ1v) is 10.1. The summed E-state index contributed by atoms with van der Waals surface area (Å²) < 4.78 is 16.2. The highest BCUT2D eigenvalue weighted by Gasteiger charge is 2.15. The van der Waals surface area contributed by atoms with Crippen molar-refractivity contribution in [3.63, 3.8) is 0 Å². The number of hydrogen-bond donors (Lipinski definition) is 2. The smallest absolute Gasteiger partial charge is 0.203 e. The van der Waals surface area contributed by atoms with E-state index in [-0.39, 0.29) is 24.0 Å². The number of nitrogens with one attached hydrogen (secondary N) is 2. The van der Waals surface area contributed by atoms with Gasteiger partial charge in [0, 0.05) is 20.1 Å². The van der Waals surface area contributed by atoms with Crippen LogP contribution in [0.2, 0.25) is 0 Å². The Kier molecular flexibility index (Phi) is 12.1. The molecule has 2 rings (SSSR count). The Morgan fingerprint density at radius 1 is 1.07 bits per heavy atom. The van der Waals surface area contributed by atoms with Crippen LogP contribution >= 0.6 is 24.0 Å². The van der Waals surface area contributed by atoms with Crippen molar-refractivity contribution >= 4 is 29.9 Å². The lowest BCUT2D eigenvalue weighted by atomic mass is 9.99. The molecule has 0 saturated carbocycles. The molecule has 0 aliphatic carbocycles. The van der Waals surface area contributed by atoms with E-state index in [4.69, 9.17) is 14.2 Å². The zero-order valence-corrected chi connectivity index (χ0v) is 20.7. The van der Waals surface area contributed by atoms with E-state index in [2.05, 4.69) is 27.4 Å². The third kappa shape index (κ3) is 8.08. The monoisotopic (exact) mass is 520 g/mol. The van der Waals surface area contributed by atoms with Gasteiger partial charge in [-0.05, 0) is 62.5 Å². The zero-order chi connectivity index (χ0) is 20.4. The minimum Gasteiger partial charge on any atom is -0.493 e. The third-order valence-electron chi connectivity index (χ3n) is 5.23. The number of benzene rings is 1. The minimum absolute atomic E-state index is 0. The van der Waals surface area contributed by atoms with Crippen LogP contribution in [0.15, 0.2) is 17.1 Å². The van der Waals surface area contributed by atoms with Crippen LogP contribution in [0, 0.1) is 5.92 Å². The molecule has 0 unspecified atom stereocenters. The number of halogens is 1. The topological polar surface area (TPSA) is 67.4 Å². The van der Waals surface area contributed by atoms with Crippen molar-refractivity contribution in [2.24, 2.45) is 10.9 Å². The van der Waals surface area contributed by atoms with Gasteiger partial charge in [0.05, 0.1) is 21.3 Å². The molecule has 8 heteroatoms. The van der Waals surface area contributed by atoms with Crippen LogP contribution in [0.4, 0.5) is 0 Å². The number of likely N-dealkylation sites (tertiary alicyclic amines) is 1. The first-order chi connectivity index (χ1) is 13.6. The second-order valence-corrected chi connectivity index (χ2v) is 7.26. The summed E-state index contributed by atoms with van der Waals surface area (Å²) in [6.45, 7) is 7.47. The van der Waals surface area contributed by atoms with Gasteiger partial charge in [0.25, 0.3) is 0 Å². The van der Waals surface area contributed by atoms with Crippen molar-refractivity contribution in [3.05, 3.63) is 17.7 Å². The fourth-order valence-electron chi connectivity index (χ4n) is 3.44. The molecule has 0 amide bonds. The van der Waals surface area contributed by atoms with Crippen molar-refractivity contribution in [3.8, 4) is 17.2 Å². The van der Waals surface area contributed by atoms with E-state index in [1.165, 1.54) is 25.9 Å². The van der Waals surface area contributed by atoms with E-state index in [9.17, 15) is 0 Å². The van der Waals surface area contributed by atoms with Crippen LogP contribution in [0.25, 0.3) is 0 Å². The van der Waals surface area contributed by atoms with Crippen molar-refractivity contribution in [2.75, 3.05) is 54.6 Å². The van der Waals surface area contributed by atoms with Gasteiger partial charge in [0.2, 0.25) is 5.75 Å². The van der Waals surface area contributed by atoms with E-state index < -0.39 is 0 Å². The summed E-state index contributed by atoms with van der Waals surface area (Å²) in [5.41, 5.74) is 1.03. The maximum Gasteiger partial charge on any atom is 0.203 e. The molecule has 1 heterocycles. The number of ether oxygens (including phenoxy) is 3. The molecule has 1 aromatic carbocycles. The molecule has 1 saturated heterocycles. The Morgan fingerprint density at radius 3 is 2.21 bits per heavy atom. The summed E-state index contributed by atoms with van der Waals surface area (Å²) in [6.07, 6.45) is 3.76. The summed E-state index contributed by atoms with van der Waals surface area (Å²) in [5.74, 6) is 3.58. The molecule has 29 heavy (non-hydrogen) atoms. The van der Waals surface area contributed by atoms with Crippen molar-refractivity contribution < 1.29 is 14.2 Å². The van der Waals surface area contributed by atoms with E-state index in [1.54, 1.807) is 28.4 Å². The van der Waals surface area contributed by atoms with Crippen LogP contribution < -0.4 is 24.8 Å². The molecule has 0 aromatic heterocycles. The second-order valence-electron chi connectivity index (χ2n) is 7.26. The zero-order valence-electron chi connectivity index (χ0n) is 18.4. The summed E-state index contributed by atoms with van der Waals surface area (Å²) in [5, 5.41) is 6.74. The number of aliphatic imine (C=N–C) groups is 1. The Labute approximate surface area is 192 Å². The quantitative estimate of drug-likeness (QED) is 0.226. The summed E-state index contributed by atoms with van der Waals surface area (Å²) in [4.78, 5) is 6.87. The number of piperidine rings is 1. The van der Waals surface area contributed by atoms with Gasteiger partial charge in [0.1, 0.15) is 0 Å². The molecule has 0 spiro atoms. The average molecular weight is 520 g/mol. The van der Waals surface area contributed by atoms with Gasteiger partial charge in [-0.2, -0.15) is 0 Å². The Morgan fingerprint density at radius 2 is 1.69 bits per heavy atom. The molecule has 0 bridgehead atoms. The fraction of sp³-hybridized carbons (Fsp3) is 0.667. The first-order valence-electron chi connectivity index (χ1n) is 10.1. The molecule has 1 fully saturated rings. The van der Waals surface area contributed by atoms with Crippen LogP contribution in [0.3, 0.4) is 0 Å². The highest BCUT2D eigenvalue weighted by Crippen LogP contribution is 2.38. The predicted molar refractivity (Wildman–Crippen MR) is 129 cm³/mol. The Bertz CT molecular complexity index is 609. The van der Waals surface area contributed by atoms with Gasteiger partial charge in [0.15, 0.2) is 17.5 Å². The molecule has 0 radical (unpaired) electrons. The second kappa shape index (κ2) is 13.7. The number of nitrogens with zero attached hydrogens (tertiary/aromatic N) is 2. The standard InChI is InChI=1S/C21H36N4O3.HI/c1-16-7-11-25(12-8-16)10-6-9-23-21(22-2)24-15-17-13-18(26-3)20(28-5)19(14-17)27-4;/h13-14,16H,6-12,15H2,1-5H3,(H2,22,23,24);1H. The molecule has 7 nitrogen and oxygen atoms in total. The van der Waals surface area contributed by atoms with E-state index in [0.29, 0.717) is 23.8 Å². The van der Waals surface area contributed by atoms with E-state index >= 15 is 0 Å². The molecular weight excluding hydrogens is 483 g/mol. The number of methoxy groups -OCH3 is 3. The van der Waals surface area contributed by atoms with Crippen molar-refractivity contribution in [1.82, 2.24) is 15.5 Å². The van der Waals surface area contributed by atoms with Gasteiger partial charge in [-0.15, -0.1) is 24.0 Å². The summed E-state index contributed by atoms with van der Waals surface area (Å²) in [7, 11) is 6.64. The molecule has 2 N–H and O–H groups in total. The van der Waals surface area contributed by atoms with Crippen LogP contribution in [0.1, 0.15) is 31.7 Å². The largest absolute Gasteiger partial charge is 0.493 e. The van der Waals surface area contributed by atoms with Crippen molar-refractivity contribution in [1.29, 1.82) is 0 Å². The van der Waals surface area contributed by atoms with Crippen LogP contribution in [-0.2, 0) is 6.54 Å². The summed E-state index contributed by atoms with van der Waals surface area (Å²) >= 11 is 0.